The lowest BCUT2D eigenvalue weighted by molar-refractivity contribution is -0.139. The molecule has 0 saturated carbocycles. The summed E-state index contributed by atoms with van der Waals surface area (Å²) < 4.78 is 10.8. The lowest BCUT2D eigenvalue weighted by Crippen LogP contribution is -2.40. The lowest BCUT2D eigenvalue weighted by Gasteiger charge is -2.33. The molecule has 144 valence electrons. The molecule has 1 aromatic carbocycles. The maximum Gasteiger partial charge on any atom is 0.338 e. The molecule has 2 aliphatic heterocycles. The van der Waals surface area contributed by atoms with Gasteiger partial charge in [-0.15, -0.1) is 0 Å². The Hall–Kier alpha value is -2.28. The van der Waals surface area contributed by atoms with Crippen LogP contribution in [0.4, 0.5) is 0 Å². The molecule has 0 bridgehead atoms. The normalized spacial score (nSPS) is 21.9. The van der Waals surface area contributed by atoms with Gasteiger partial charge < -0.3 is 9.47 Å². The van der Waals surface area contributed by atoms with Crippen LogP contribution in [0.2, 0.25) is 0 Å². The van der Waals surface area contributed by atoms with Gasteiger partial charge in [-0.05, 0) is 44.9 Å². The molecule has 2 atom stereocenters. The van der Waals surface area contributed by atoms with E-state index in [9.17, 15) is 9.59 Å². The van der Waals surface area contributed by atoms with Crippen LogP contribution in [0.3, 0.4) is 0 Å². The second-order valence-electron chi connectivity index (χ2n) is 6.24. The van der Waals surface area contributed by atoms with Crippen LogP contribution in [0.25, 0.3) is 0 Å². The van der Waals surface area contributed by atoms with Crippen LogP contribution < -0.4 is 4.74 Å². The number of allylic oxidation sites excluding steroid dienone is 1. The molecule has 0 spiro atoms. The SMILES string of the molecule is CCOC(=O)C1=C(C)N=C2SC(CC)C(=O)N2C1c1ccc(OCC)cc1. The quantitative estimate of drug-likeness (QED) is 0.695. The van der Waals surface area contributed by atoms with Crippen molar-refractivity contribution in [3.63, 3.8) is 0 Å². The van der Waals surface area contributed by atoms with Crippen LogP contribution in [0.15, 0.2) is 40.5 Å². The highest BCUT2D eigenvalue weighted by atomic mass is 32.2. The van der Waals surface area contributed by atoms with Gasteiger partial charge in [0.2, 0.25) is 5.91 Å². The third kappa shape index (κ3) is 3.60. The minimum Gasteiger partial charge on any atom is -0.494 e. The van der Waals surface area contributed by atoms with E-state index in [4.69, 9.17) is 9.47 Å². The van der Waals surface area contributed by atoms with E-state index < -0.39 is 12.0 Å². The molecule has 1 amide bonds. The third-order valence-electron chi connectivity index (χ3n) is 4.52. The second-order valence-corrected chi connectivity index (χ2v) is 7.41. The molecule has 0 radical (unpaired) electrons. The molecular weight excluding hydrogens is 364 g/mol. The number of aliphatic imine (C=N–C) groups is 1. The number of thioether (sulfide) groups is 1. The molecule has 0 aromatic heterocycles. The number of amidine groups is 1. The Bertz CT molecular complexity index is 801. The number of hydrogen-bond donors (Lipinski definition) is 0. The van der Waals surface area contributed by atoms with Gasteiger partial charge in [0.1, 0.15) is 5.75 Å². The fourth-order valence-electron chi connectivity index (χ4n) is 3.29. The highest BCUT2D eigenvalue weighted by molar-refractivity contribution is 8.15. The Kier molecular flexibility index (Phi) is 5.89. The van der Waals surface area contributed by atoms with Crippen LogP contribution in [-0.4, -0.2) is 40.4 Å². The zero-order valence-corrected chi connectivity index (χ0v) is 16.8. The number of nitrogens with zero attached hydrogens (tertiary/aromatic N) is 2. The molecule has 1 fully saturated rings. The summed E-state index contributed by atoms with van der Waals surface area (Å²) in [5.74, 6) is 0.293. The first kappa shape index (κ1) is 19.5. The van der Waals surface area contributed by atoms with Crippen molar-refractivity contribution >= 4 is 28.8 Å². The van der Waals surface area contributed by atoms with Gasteiger partial charge in [-0.3, -0.25) is 9.69 Å². The number of carbonyl (C=O) groups excluding carboxylic acids is 2. The van der Waals surface area contributed by atoms with Gasteiger partial charge in [0.25, 0.3) is 0 Å². The number of esters is 1. The van der Waals surface area contributed by atoms with E-state index in [0.717, 1.165) is 11.3 Å². The minimum atomic E-state index is -0.538. The molecule has 2 aliphatic rings. The van der Waals surface area contributed by atoms with Crippen molar-refractivity contribution in [1.29, 1.82) is 0 Å². The van der Waals surface area contributed by atoms with Gasteiger partial charge in [-0.25, -0.2) is 9.79 Å². The van der Waals surface area contributed by atoms with Crippen LogP contribution in [0, 0.1) is 0 Å². The number of benzene rings is 1. The molecule has 7 heteroatoms. The van der Waals surface area contributed by atoms with Crippen molar-refractivity contribution in [3.05, 3.63) is 41.1 Å². The second kappa shape index (κ2) is 8.17. The molecule has 3 rings (SSSR count). The minimum absolute atomic E-state index is 0.0190. The van der Waals surface area contributed by atoms with Crippen LogP contribution in [0.5, 0.6) is 5.75 Å². The summed E-state index contributed by atoms with van der Waals surface area (Å²) in [6, 6.07) is 6.95. The van der Waals surface area contributed by atoms with E-state index in [-0.39, 0.29) is 17.8 Å². The van der Waals surface area contributed by atoms with Crippen molar-refractivity contribution in [2.45, 2.75) is 45.4 Å². The number of fused-ring (bicyclic) bond motifs is 1. The zero-order chi connectivity index (χ0) is 19.6. The van der Waals surface area contributed by atoms with Crippen molar-refractivity contribution in [2.24, 2.45) is 4.99 Å². The summed E-state index contributed by atoms with van der Waals surface area (Å²) in [5.41, 5.74) is 1.84. The van der Waals surface area contributed by atoms with Gasteiger partial charge >= 0.3 is 5.97 Å². The fraction of sp³-hybridized carbons (Fsp3) is 0.450. The molecule has 0 aliphatic carbocycles. The van der Waals surface area contributed by atoms with Crippen LogP contribution in [-0.2, 0) is 14.3 Å². The Morgan fingerprint density at radius 3 is 2.48 bits per heavy atom. The maximum absolute atomic E-state index is 13.0. The first-order valence-electron chi connectivity index (χ1n) is 9.20. The number of hydrogen-bond acceptors (Lipinski definition) is 6. The number of carbonyl (C=O) groups is 2. The van der Waals surface area contributed by atoms with E-state index in [2.05, 4.69) is 4.99 Å². The zero-order valence-electron chi connectivity index (χ0n) is 16.0. The summed E-state index contributed by atoms with van der Waals surface area (Å²) in [4.78, 5) is 31.9. The predicted octanol–water partition coefficient (Wildman–Crippen LogP) is 3.69. The lowest BCUT2D eigenvalue weighted by atomic mass is 9.94. The van der Waals surface area contributed by atoms with Crippen molar-refractivity contribution in [2.75, 3.05) is 13.2 Å². The Morgan fingerprint density at radius 1 is 1.19 bits per heavy atom. The highest BCUT2D eigenvalue weighted by Gasteiger charge is 2.47. The summed E-state index contributed by atoms with van der Waals surface area (Å²) in [6.45, 7) is 8.30. The number of ether oxygens (including phenoxy) is 2. The predicted molar refractivity (Wildman–Crippen MR) is 106 cm³/mol. The average Bonchev–Trinajstić information content (AvgIpc) is 2.97. The smallest absolute Gasteiger partial charge is 0.338 e. The summed E-state index contributed by atoms with van der Waals surface area (Å²) >= 11 is 1.46. The van der Waals surface area contributed by atoms with E-state index in [1.807, 2.05) is 38.1 Å². The fourth-order valence-corrected chi connectivity index (χ4v) is 4.42. The molecule has 1 saturated heterocycles. The molecule has 2 unspecified atom stereocenters. The van der Waals surface area contributed by atoms with E-state index in [1.54, 1.807) is 18.7 Å². The standard InChI is InChI=1S/C20H24N2O4S/c1-5-15-18(23)22-17(13-8-10-14(11-9-13)25-6-2)16(19(24)26-7-3)12(4)21-20(22)27-15/h8-11,15,17H,5-7H2,1-4H3. The maximum atomic E-state index is 13.0. The molecular formula is C20H24N2O4S. The van der Waals surface area contributed by atoms with Gasteiger partial charge in [-0.1, -0.05) is 30.8 Å². The first-order valence-corrected chi connectivity index (χ1v) is 10.1. The average molecular weight is 388 g/mol. The molecule has 0 N–H and O–H groups in total. The number of rotatable bonds is 6. The van der Waals surface area contributed by atoms with Crippen molar-refractivity contribution < 1.29 is 19.1 Å². The number of amides is 1. The van der Waals surface area contributed by atoms with E-state index in [1.165, 1.54) is 11.8 Å². The topological polar surface area (TPSA) is 68.2 Å². The van der Waals surface area contributed by atoms with Gasteiger partial charge in [0, 0.05) is 0 Å². The van der Waals surface area contributed by atoms with Gasteiger partial charge in [-0.2, -0.15) is 0 Å². The van der Waals surface area contributed by atoms with E-state index in [0.29, 0.717) is 29.5 Å². The Balaban J connectivity index is 2.07. The highest BCUT2D eigenvalue weighted by Crippen LogP contribution is 2.44. The first-order chi connectivity index (χ1) is 13.0. The molecule has 27 heavy (non-hydrogen) atoms. The third-order valence-corrected chi connectivity index (χ3v) is 5.84. The summed E-state index contributed by atoms with van der Waals surface area (Å²) in [6.07, 6.45) is 0.711. The van der Waals surface area contributed by atoms with Crippen LogP contribution >= 0.6 is 11.8 Å². The van der Waals surface area contributed by atoms with Crippen molar-refractivity contribution in [3.8, 4) is 5.75 Å². The van der Waals surface area contributed by atoms with Gasteiger partial charge in [0.05, 0.1) is 35.8 Å². The largest absolute Gasteiger partial charge is 0.494 e. The monoisotopic (exact) mass is 388 g/mol. The molecule has 2 heterocycles. The Morgan fingerprint density at radius 2 is 1.89 bits per heavy atom. The summed E-state index contributed by atoms with van der Waals surface area (Å²) in [5, 5.41) is 0.472. The molecule has 1 aromatic rings. The molecule has 6 nitrogen and oxygen atoms in total. The van der Waals surface area contributed by atoms with Crippen molar-refractivity contribution in [1.82, 2.24) is 4.90 Å². The summed E-state index contributed by atoms with van der Waals surface area (Å²) in [7, 11) is 0. The van der Waals surface area contributed by atoms with E-state index >= 15 is 0 Å². The Labute approximate surface area is 163 Å². The van der Waals surface area contributed by atoms with Gasteiger partial charge in [0.15, 0.2) is 5.17 Å². The van der Waals surface area contributed by atoms with Crippen LogP contribution in [0.1, 0.15) is 45.7 Å².